The van der Waals surface area contributed by atoms with Crippen molar-refractivity contribution >= 4 is 21.9 Å². The molecule has 0 saturated heterocycles. The highest BCUT2D eigenvalue weighted by Crippen LogP contribution is 2.16. The Labute approximate surface area is 189 Å². The Morgan fingerprint density at radius 1 is 0.724 bits per heavy atom. The second kappa shape index (κ2) is 22.1. The summed E-state index contributed by atoms with van der Waals surface area (Å²) in [6.45, 7) is 4.65. The number of carbonyl (C=O) groups is 1. The molecular formula is C26H47BrO2. The van der Waals surface area contributed by atoms with Crippen molar-refractivity contribution < 1.29 is 9.90 Å². The molecule has 0 bridgehead atoms. The smallest absolute Gasteiger partial charge is 0.303 e. The third kappa shape index (κ3) is 25.4. The SMILES string of the molecule is CC(C)CCCCCCCCCCCCC/C=C\CC/C(Br)=C\CCCC(=O)O. The van der Waals surface area contributed by atoms with E-state index < -0.39 is 5.97 Å². The first-order valence-electron chi connectivity index (χ1n) is 12.2. The molecule has 0 atom stereocenters. The van der Waals surface area contributed by atoms with Crippen LogP contribution >= 0.6 is 15.9 Å². The van der Waals surface area contributed by atoms with Gasteiger partial charge >= 0.3 is 5.97 Å². The Bertz CT molecular complexity index is 426. The van der Waals surface area contributed by atoms with Gasteiger partial charge in [0, 0.05) is 6.42 Å². The Morgan fingerprint density at radius 2 is 1.24 bits per heavy atom. The van der Waals surface area contributed by atoms with E-state index in [1.807, 2.05) is 0 Å². The quantitative estimate of drug-likeness (QED) is 0.134. The average molecular weight is 472 g/mol. The number of unbranched alkanes of at least 4 members (excludes halogenated alkanes) is 12. The van der Waals surface area contributed by atoms with Gasteiger partial charge < -0.3 is 5.11 Å². The van der Waals surface area contributed by atoms with E-state index in [0.717, 1.165) is 31.6 Å². The number of aliphatic carboxylic acids is 1. The van der Waals surface area contributed by atoms with Crippen LogP contribution in [0.2, 0.25) is 0 Å². The molecule has 0 radical (unpaired) electrons. The van der Waals surface area contributed by atoms with Crippen molar-refractivity contribution in [1.82, 2.24) is 0 Å². The summed E-state index contributed by atoms with van der Waals surface area (Å²) in [7, 11) is 0. The topological polar surface area (TPSA) is 37.3 Å². The molecule has 0 unspecified atom stereocenters. The maximum atomic E-state index is 10.5. The molecule has 0 aromatic rings. The summed E-state index contributed by atoms with van der Waals surface area (Å²) in [6, 6.07) is 0. The Balaban J connectivity index is 3.28. The van der Waals surface area contributed by atoms with Crippen LogP contribution in [0, 0.1) is 5.92 Å². The first-order valence-corrected chi connectivity index (χ1v) is 13.0. The minimum Gasteiger partial charge on any atom is -0.481 e. The lowest BCUT2D eigenvalue weighted by Gasteiger charge is -2.04. The van der Waals surface area contributed by atoms with Crippen LogP contribution in [-0.4, -0.2) is 11.1 Å². The zero-order valence-electron chi connectivity index (χ0n) is 19.3. The van der Waals surface area contributed by atoms with E-state index in [1.54, 1.807) is 0 Å². The van der Waals surface area contributed by atoms with Crippen LogP contribution in [0.3, 0.4) is 0 Å². The molecule has 170 valence electrons. The fourth-order valence-corrected chi connectivity index (χ4v) is 3.93. The van der Waals surface area contributed by atoms with Gasteiger partial charge in [-0.25, -0.2) is 0 Å². The summed E-state index contributed by atoms with van der Waals surface area (Å²) in [5.41, 5.74) is 0. The number of rotatable bonds is 21. The Hall–Kier alpha value is -0.570. The monoisotopic (exact) mass is 470 g/mol. The fourth-order valence-electron chi connectivity index (χ4n) is 3.48. The van der Waals surface area contributed by atoms with Crippen molar-refractivity contribution in [2.45, 2.75) is 129 Å². The van der Waals surface area contributed by atoms with Crippen molar-refractivity contribution in [2.24, 2.45) is 5.92 Å². The van der Waals surface area contributed by atoms with E-state index in [4.69, 9.17) is 5.11 Å². The summed E-state index contributed by atoms with van der Waals surface area (Å²) < 4.78 is 1.20. The van der Waals surface area contributed by atoms with Gasteiger partial charge in [-0.2, -0.15) is 0 Å². The lowest BCUT2D eigenvalue weighted by Crippen LogP contribution is -1.92. The van der Waals surface area contributed by atoms with Crippen LogP contribution in [0.15, 0.2) is 22.7 Å². The number of hydrogen-bond acceptors (Lipinski definition) is 1. The molecule has 1 N–H and O–H groups in total. The fraction of sp³-hybridized carbons (Fsp3) is 0.808. The summed E-state index contributed by atoms with van der Waals surface area (Å²) >= 11 is 3.57. The van der Waals surface area contributed by atoms with Gasteiger partial charge in [-0.3, -0.25) is 4.79 Å². The zero-order valence-corrected chi connectivity index (χ0v) is 20.9. The van der Waals surface area contributed by atoms with Gasteiger partial charge in [0.05, 0.1) is 0 Å². The van der Waals surface area contributed by atoms with Crippen LogP contribution in [-0.2, 0) is 4.79 Å². The number of allylic oxidation sites excluding steroid dienone is 4. The number of carboxylic acid groups (broad SMARTS) is 1. The highest BCUT2D eigenvalue weighted by molar-refractivity contribution is 9.11. The minimum atomic E-state index is -0.708. The summed E-state index contributed by atoms with van der Waals surface area (Å²) in [5.74, 6) is 0.165. The summed E-state index contributed by atoms with van der Waals surface area (Å²) in [5, 5.41) is 8.61. The van der Waals surface area contributed by atoms with Crippen LogP contribution in [0.25, 0.3) is 0 Å². The molecule has 0 aliphatic carbocycles. The maximum absolute atomic E-state index is 10.5. The van der Waals surface area contributed by atoms with E-state index in [0.29, 0.717) is 0 Å². The molecule has 0 amide bonds. The van der Waals surface area contributed by atoms with Gasteiger partial charge in [-0.1, -0.05) is 119 Å². The molecule has 0 fully saturated rings. The summed E-state index contributed by atoms with van der Waals surface area (Å²) in [4.78, 5) is 10.5. The van der Waals surface area contributed by atoms with Gasteiger partial charge in [0.25, 0.3) is 0 Å². The third-order valence-corrected chi connectivity index (χ3v) is 6.05. The van der Waals surface area contributed by atoms with E-state index in [1.165, 1.54) is 88.0 Å². The normalized spacial score (nSPS) is 12.3. The molecule has 0 aliphatic rings. The van der Waals surface area contributed by atoms with Crippen LogP contribution in [0.1, 0.15) is 129 Å². The van der Waals surface area contributed by atoms with Crippen molar-refractivity contribution in [3.8, 4) is 0 Å². The van der Waals surface area contributed by atoms with E-state index >= 15 is 0 Å². The van der Waals surface area contributed by atoms with E-state index in [9.17, 15) is 4.79 Å². The molecule has 0 saturated carbocycles. The van der Waals surface area contributed by atoms with Crippen molar-refractivity contribution in [3.05, 3.63) is 22.7 Å². The van der Waals surface area contributed by atoms with Gasteiger partial charge in [-0.15, -0.1) is 0 Å². The van der Waals surface area contributed by atoms with Gasteiger partial charge in [-0.05, 0) is 48.9 Å². The maximum Gasteiger partial charge on any atom is 0.303 e. The van der Waals surface area contributed by atoms with Crippen LogP contribution < -0.4 is 0 Å². The first-order chi connectivity index (χ1) is 14.0. The lowest BCUT2D eigenvalue weighted by molar-refractivity contribution is -0.137. The van der Waals surface area contributed by atoms with E-state index in [2.05, 4.69) is 48.0 Å². The minimum absolute atomic E-state index is 0.259. The number of halogens is 1. The molecular weight excluding hydrogens is 424 g/mol. The molecule has 2 nitrogen and oxygen atoms in total. The van der Waals surface area contributed by atoms with Crippen LogP contribution in [0.4, 0.5) is 0 Å². The third-order valence-electron chi connectivity index (χ3n) is 5.33. The number of carboxylic acids is 1. The van der Waals surface area contributed by atoms with Gasteiger partial charge in [0.15, 0.2) is 0 Å². The molecule has 0 aromatic carbocycles. The van der Waals surface area contributed by atoms with E-state index in [-0.39, 0.29) is 6.42 Å². The molecule has 29 heavy (non-hydrogen) atoms. The standard InChI is InChI=1S/C26H47BrO2/c1-24(2)20-16-14-12-10-8-6-4-3-5-7-9-11-13-15-17-21-25(27)22-18-19-23-26(28)29/h13,15,22,24H,3-12,14,16-21,23H2,1-2H3,(H,28,29)/b15-13-,25-22+. The highest BCUT2D eigenvalue weighted by Gasteiger charge is 1.97. The van der Waals surface area contributed by atoms with Crippen molar-refractivity contribution in [2.75, 3.05) is 0 Å². The first kappa shape index (κ1) is 28.4. The highest BCUT2D eigenvalue weighted by atomic mass is 79.9. The molecule has 3 heteroatoms. The average Bonchev–Trinajstić information content (AvgIpc) is 2.67. The van der Waals surface area contributed by atoms with Crippen molar-refractivity contribution in [1.29, 1.82) is 0 Å². The second-order valence-corrected chi connectivity index (χ2v) is 9.83. The molecule has 0 aromatic heterocycles. The molecule has 0 rings (SSSR count). The van der Waals surface area contributed by atoms with Crippen LogP contribution in [0.5, 0.6) is 0 Å². The second-order valence-electron chi connectivity index (χ2n) is 8.81. The largest absolute Gasteiger partial charge is 0.481 e. The Morgan fingerprint density at radius 3 is 1.79 bits per heavy atom. The number of hydrogen-bond donors (Lipinski definition) is 1. The molecule has 0 aliphatic heterocycles. The predicted molar refractivity (Wildman–Crippen MR) is 132 cm³/mol. The zero-order chi connectivity index (χ0) is 21.6. The lowest BCUT2D eigenvalue weighted by atomic mass is 10.0. The van der Waals surface area contributed by atoms with Crippen molar-refractivity contribution in [3.63, 3.8) is 0 Å². The predicted octanol–water partition coefficient (Wildman–Crippen LogP) is 9.58. The van der Waals surface area contributed by atoms with Gasteiger partial charge in [0.1, 0.15) is 0 Å². The Kier molecular flexibility index (Phi) is 21.7. The molecule has 0 spiro atoms. The molecule has 0 heterocycles. The summed E-state index contributed by atoms with van der Waals surface area (Å²) in [6.07, 6.45) is 28.8. The van der Waals surface area contributed by atoms with Gasteiger partial charge in [0.2, 0.25) is 0 Å².